The molecule has 2 aliphatic carbocycles. The van der Waals surface area contributed by atoms with Crippen LogP contribution in [0.1, 0.15) is 77.8 Å². The highest BCUT2D eigenvalue weighted by molar-refractivity contribution is 7.91. The third-order valence-electron chi connectivity index (χ3n) is 14.6. The van der Waals surface area contributed by atoms with Gasteiger partial charge < -0.3 is 34.5 Å². The van der Waals surface area contributed by atoms with Crippen LogP contribution in [0.5, 0.6) is 11.5 Å². The van der Waals surface area contributed by atoms with Gasteiger partial charge >= 0.3 is 0 Å². The summed E-state index contributed by atoms with van der Waals surface area (Å²) in [7, 11) is -1.73. The number of likely N-dealkylation sites (N-methyl/N-ethyl adjacent to an activating group) is 1. The van der Waals surface area contributed by atoms with Crippen molar-refractivity contribution >= 4 is 38.8 Å². The van der Waals surface area contributed by atoms with E-state index in [4.69, 9.17) is 30.5 Å². The largest absolute Gasteiger partial charge is 0.489 e. The molecule has 354 valence electrons. The fraction of sp³-hybridized carbons (Fsp3) is 0.646. The van der Waals surface area contributed by atoms with Crippen LogP contribution < -0.4 is 30.7 Å². The molecule has 4 N–H and O–H groups in total. The quantitative estimate of drug-likeness (QED) is 0.163. The van der Waals surface area contributed by atoms with Gasteiger partial charge in [-0.2, -0.15) is 5.26 Å². The van der Waals surface area contributed by atoms with Gasteiger partial charge in [-0.05, 0) is 80.5 Å². The number of ether oxygens (including phenoxy) is 4. The number of hydrogen-bond acceptors (Lipinski definition) is 13. The Labute approximate surface area is 389 Å². The van der Waals surface area contributed by atoms with Crippen molar-refractivity contribution in [2.24, 2.45) is 28.6 Å². The summed E-state index contributed by atoms with van der Waals surface area (Å²) in [6, 6.07) is 11.9. The van der Waals surface area contributed by atoms with Crippen LogP contribution in [-0.2, 0) is 28.9 Å². The number of nitrogens with one attached hydrogen (secondary N) is 4. The Kier molecular flexibility index (Phi) is 14.3. The minimum atomic E-state index is -3.47. The van der Waals surface area contributed by atoms with Crippen LogP contribution in [0.4, 0.5) is 0 Å². The summed E-state index contributed by atoms with van der Waals surface area (Å²) >= 11 is 6.27. The van der Waals surface area contributed by atoms with Gasteiger partial charge in [0.2, 0.25) is 11.8 Å². The molecule has 0 bridgehead atoms. The zero-order chi connectivity index (χ0) is 46.3. The fourth-order valence-corrected chi connectivity index (χ4v) is 12.1. The van der Waals surface area contributed by atoms with Crippen molar-refractivity contribution in [3.8, 4) is 17.6 Å². The van der Waals surface area contributed by atoms with Crippen LogP contribution in [0.3, 0.4) is 0 Å². The Morgan fingerprint density at radius 1 is 1.00 bits per heavy atom. The molecule has 5 fully saturated rings. The monoisotopic (exact) mass is 935 g/mol. The van der Waals surface area contributed by atoms with Gasteiger partial charge in [0.15, 0.2) is 9.84 Å². The smallest absolute Gasteiger partial charge is 0.244 e. The molecule has 6 aliphatic rings. The highest BCUT2D eigenvalue weighted by atomic mass is 35.5. The number of nitriles is 1. The summed E-state index contributed by atoms with van der Waals surface area (Å²) in [6.45, 7) is 15.0. The maximum atomic E-state index is 13.6. The molecule has 0 radical (unpaired) electrons. The van der Waals surface area contributed by atoms with Crippen LogP contribution >= 0.6 is 11.6 Å². The van der Waals surface area contributed by atoms with Crippen molar-refractivity contribution in [3.05, 3.63) is 58.7 Å². The van der Waals surface area contributed by atoms with Crippen molar-refractivity contribution < 1.29 is 37.0 Å². The van der Waals surface area contributed by atoms with Crippen molar-refractivity contribution in [1.82, 2.24) is 31.1 Å². The van der Waals surface area contributed by atoms with Gasteiger partial charge in [0, 0.05) is 73.8 Å². The molecule has 0 aromatic heterocycles. The average molecular weight is 937 g/mol. The summed E-state index contributed by atoms with van der Waals surface area (Å²) < 4.78 is 51.6. The fourth-order valence-electron chi connectivity index (χ4n) is 11.0. The Balaban J connectivity index is 0.764. The number of fused-ring (bicyclic) bond motifs is 1. The number of sulfone groups is 1. The highest BCUT2D eigenvalue weighted by Gasteiger charge is 2.64. The first-order chi connectivity index (χ1) is 31.0. The lowest BCUT2D eigenvalue weighted by atomic mass is 9.49. The summed E-state index contributed by atoms with van der Waals surface area (Å²) in [5.74, 6) is 1.31. The molecule has 4 aliphatic heterocycles. The molecule has 2 aromatic rings. The maximum absolute atomic E-state index is 13.6. The van der Waals surface area contributed by atoms with Gasteiger partial charge in [0.25, 0.3) is 0 Å². The molecule has 3 atom stereocenters. The van der Waals surface area contributed by atoms with E-state index >= 15 is 0 Å². The molecule has 15 nitrogen and oxygen atoms in total. The van der Waals surface area contributed by atoms with Crippen molar-refractivity contribution in [3.63, 3.8) is 0 Å². The number of piperidine rings is 1. The Morgan fingerprint density at radius 3 is 2.38 bits per heavy atom. The summed E-state index contributed by atoms with van der Waals surface area (Å²) in [4.78, 5) is 30.8. The van der Waals surface area contributed by atoms with Gasteiger partial charge in [-0.15, -0.1) is 0 Å². The number of amides is 2. The number of nitrogens with zero attached hydrogens (tertiary/aromatic N) is 3. The summed E-state index contributed by atoms with van der Waals surface area (Å²) in [6.07, 6.45) is 6.24. The first-order valence-corrected chi connectivity index (χ1v) is 25.4. The van der Waals surface area contributed by atoms with Crippen LogP contribution in [0.2, 0.25) is 5.02 Å². The van der Waals surface area contributed by atoms with E-state index in [1.165, 1.54) is 0 Å². The van der Waals surface area contributed by atoms with Crippen molar-refractivity contribution in [1.29, 1.82) is 5.26 Å². The second-order valence-corrected chi connectivity index (χ2v) is 22.5. The van der Waals surface area contributed by atoms with E-state index in [0.717, 1.165) is 50.8 Å². The molecule has 2 amide bonds. The van der Waals surface area contributed by atoms with E-state index < -0.39 is 9.84 Å². The van der Waals surface area contributed by atoms with E-state index in [1.54, 1.807) is 55.3 Å². The van der Waals surface area contributed by atoms with Crippen LogP contribution in [0.25, 0.3) is 5.57 Å². The molecule has 3 unspecified atom stereocenters. The number of benzene rings is 2. The van der Waals surface area contributed by atoms with Crippen molar-refractivity contribution in [2.45, 2.75) is 108 Å². The molecule has 2 aromatic carbocycles. The SMILES string of the molecule is CCS(=O)(=O)c1ccc(OC(COCCOC2CCN(C3NCC(C(=O)NC4C(C)(C)C(Oc5ccc(C#N)c(Cl)c5)C4(C)C)CN3)CC2)C2CC2)c(C2=CN(C)C(=O)C3NCCC23)c1. The number of halogens is 1. The maximum Gasteiger partial charge on any atom is 0.244 e. The van der Waals surface area contributed by atoms with E-state index in [0.29, 0.717) is 73.0 Å². The molecule has 4 heterocycles. The van der Waals surface area contributed by atoms with Gasteiger partial charge in [-0.25, -0.2) is 8.42 Å². The molecule has 3 saturated heterocycles. The molecule has 17 heteroatoms. The van der Waals surface area contributed by atoms with Crippen LogP contribution in [0.15, 0.2) is 47.5 Å². The van der Waals surface area contributed by atoms with Crippen LogP contribution in [0, 0.1) is 39.9 Å². The zero-order valence-electron chi connectivity index (χ0n) is 38.5. The molecule has 2 saturated carbocycles. The van der Waals surface area contributed by atoms with Gasteiger partial charge in [-0.1, -0.05) is 46.2 Å². The first-order valence-electron chi connectivity index (χ1n) is 23.3. The first kappa shape index (κ1) is 47.7. The number of likely N-dealkylation sites (tertiary alicyclic amines) is 1. The van der Waals surface area contributed by atoms with Gasteiger partial charge in [-0.3, -0.25) is 25.1 Å². The lowest BCUT2D eigenvalue weighted by Gasteiger charge is -2.63. The van der Waals surface area contributed by atoms with Gasteiger partial charge in [0.05, 0.1) is 59.1 Å². The highest BCUT2D eigenvalue weighted by Crippen LogP contribution is 2.55. The summed E-state index contributed by atoms with van der Waals surface area (Å²) in [5, 5.41) is 23.4. The predicted octanol–water partition coefficient (Wildman–Crippen LogP) is 4.54. The average Bonchev–Trinajstić information content (AvgIpc) is 4.03. The summed E-state index contributed by atoms with van der Waals surface area (Å²) in [5.41, 5.74) is 1.36. The molecule has 65 heavy (non-hydrogen) atoms. The second-order valence-electron chi connectivity index (χ2n) is 19.8. The van der Waals surface area contributed by atoms with Gasteiger partial charge in [0.1, 0.15) is 36.1 Å². The lowest BCUT2D eigenvalue weighted by Crippen LogP contribution is -2.75. The standard InChI is InChI=1S/C48H66ClN7O8S/c1-7-65(59,60)34-12-13-39(36(23-34)37-27-55(6)43(58)41-35(37)14-17-51-41)64-40(29-8-9-29)28-61-20-21-62-32-15-18-56(19-16-32)46-52-25-31(26-53-46)42(57)54-44-47(2,3)45(48(44,4)5)63-33-11-10-30(24-50)38(49)22-33/h10-13,22-23,27,29,31-32,35,40-41,44-46,51-53H,7-9,14-21,25-26,28H2,1-6H3,(H,54,57). The van der Waals surface area contributed by atoms with E-state index in [9.17, 15) is 23.3 Å². The lowest BCUT2D eigenvalue weighted by molar-refractivity contribution is -0.174. The predicted molar refractivity (Wildman–Crippen MR) is 247 cm³/mol. The van der Waals surface area contributed by atoms with Crippen LogP contribution in [-0.4, -0.2) is 132 Å². The molecular formula is C48H66ClN7O8S. The Bertz CT molecular complexity index is 2250. The minimum Gasteiger partial charge on any atom is -0.489 e. The molecular weight excluding hydrogens is 870 g/mol. The third kappa shape index (κ3) is 10.1. The normalized spacial score (nSPS) is 28.4. The Morgan fingerprint density at radius 2 is 1.72 bits per heavy atom. The number of carbonyl (C=O) groups excluding carboxylic acids is 2. The second kappa shape index (κ2) is 19.4. The van der Waals surface area contributed by atoms with E-state index in [1.807, 2.05) is 6.20 Å². The number of rotatable bonds is 17. The van der Waals surface area contributed by atoms with E-state index in [2.05, 4.69) is 59.9 Å². The topological polar surface area (TPSA) is 184 Å². The number of carbonyl (C=O) groups is 2. The van der Waals surface area contributed by atoms with Crippen molar-refractivity contribution in [2.75, 3.05) is 65.3 Å². The minimum absolute atomic E-state index is 0.00658. The van der Waals surface area contributed by atoms with E-state index in [-0.39, 0.29) is 81.8 Å². The molecule has 8 rings (SSSR count). The number of hydrogen-bond donors (Lipinski definition) is 4. The Hall–Kier alpha value is -3.79. The third-order valence-corrected chi connectivity index (χ3v) is 16.7. The zero-order valence-corrected chi connectivity index (χ0v) is 40.1. The molecule has 0 spiro atoms.